The number of carbonyl (C=O) groups excluding carboxylic acids is 1. The first-order valence-corrected chi connectivity index (χ1v) is 9.08. The van der Waals surface area contributed by atoms with Gasteiger partial charge in [-0.25, -0.2) is 9.48 Å². The number of anilines is 1. The lowest BCUT2D eigenvalue weighted by atomic mass is 10.2. The summed E-state index contributed by atoms with van der Waals surface area (Å²) in [7, 11) is 0. The van der Waals surface area contributed by atoms with Gasteiger partial charge in [0.05, 0.1) is 5.69 Å². The zero-order chi connectivity index (χ0) is 20.4. The Morgan fingerprint density at radius 1 is 1.07 bits per heavy atom. The molecule has 0 saturated carbocycles. The van der Waals surface area contributed by atoms with E-state index in [0.717, 1.165) is 22.3 Å². The quantitative estimate of drug-likeness (QED) is 0.527. The minimum Gasteiger partial charge on any atom is -0.484 e. The van der Waals surface area contributed by atoms with Gasteiger partial charge in [-0.1, -0.05) is 17.7 Å². The van der Waals surface area contributed by atoms with Crippen LogP contribution in [-0.4, -0.2) is 22.3 Å². The SMILES string of the molecule is Cc1ccc(-n2nc(NC(=O)COc3ccc4ccc(=O)oc4c3)cc2C)cc1. The first-order chi connectivity index (χ1) is 14.0. The van der Waals surface area contributed by atoms with Crippen molar-refractivity contribution in [2.45, 2.75) is 13.8 Å². The molecule has 0 unspecified atom stereocenters. The summed E-state index contributed by atoms with van der Waals surface area (Å²) >= 11 is 0. The second kappa shape index (κ2) is 7.63. The summed E-state index contributed by atoms with van der Waals surface area (Å²) in [6.07, 6.45) is 0. The van der Waals surface area contributed by atoms with Crippen molar-refractivity contribution in [3.8, 4) is 11.4 Å². The molecule has 146 valence electrons. The maximum Gasteiger partial charge on any atom is 0.336 e. The molecular weight excluding hydrogens is 370 g/mol. The molecule has 0 spiro atoms. The van der Waals surface area contributed by atoms with E-state index in [-0.39, 0.29) is 12.5 Å². The van der Waals surface area contributed by atoms with Gasteiger partial charge in [0.15, 0.2) is 12.4 Å². The van der Waals surface area contributed by atoms with Gasteiger partial charge in [0.1, 0.15) is 11.3 Å². The fourth-order valence-electron chi connectivity index (χ4n) is 2.94. The van der Waals surface area contributed by atoms with Crippen molar-refractivity contribution in [1.29, 1.82) is 0 Å². The van der Waals surface area contributed by atoms with Crippen LogP contribution >= 0.6 is 0 Å². The van der Waals surface area contributed by atoms with E-state index in [2.05, 4.69) is 10.4 Å². The first-order valence-electron chi connectivity index (χ1n) is 9.08. The topological polar surface area (TPSA) is 86.4 Å². The predicted octanol–water partition coefficient (Wildman–Crippen LogP) is 3.61. The number of nitrogens with zero attached hydrogens (tertiary/aromatic N) is 2. The van der Waals surface area contributed by atoms with Crippen LogP contribution in [0.2, 0.25) is 0 Å². The van der Waals surface area contributed by atoms with Crippen LogP contribution in [0.4, 0.5) is 5.82 Å². The third-order valence-corrected chi connectivity index (χ3v) is 4.40. The summed E-state index contributed by atoms with van der Waals surface area (Å²) in [4.78, 5) is 23.6. The molecule has 2 aromatic carbocycles. The summed E-state index contributed by atoms with van der Waals surface area (Å²) in [5.41, 5.74) is 2.95. The van der Waals surface area contributed by atoms with Gasteiger partial charge < -0.3 is 14.5 Å². The number of fused-ring (bicyclic) bond motifs is 1. The number of amides is 1. The predicted molar refractivity (Wildman–Crippen MR) is 110 cm³/mol. The minimum atomic E-state index is -0.438. The Balaban J connectivity index is 1.42. The number of aromatic nitrogens is 2. The number of hydrogen-bond acceptors (Lipinski definition) is 5. The Bertz CT molecular complexity index is 1240. The number of nitrogens with one attached hydrogen (secondary N) is 1. The molecule has 29 heavy (non-hydrogen) atoms. The van der Waals surface area contributed by atoms with E-state index in [4.69, 9.17) is 9.15 Å². The molecule has 0 aliphatic carbocycles. The Hall–Kier alpha value is -3.87. The third-order valence-electron chi connectivity index (χ3n) is 4.40. The molecule has 0 aliphatic rings. The number of hydrogen-bond donors (Lipinski definition) is 1. The summed E-state index contributed by atoms with van der Waals surface area (Å²) in [5, 5.41) is 7.94. The molecule has 2 aromatic heterocycles. The van der Waals surface area contributed by atoms with E-state index < -0.39 is 5.63 Å². The van der Waals surface area contributed by atoms with Crippen molar-refractivity contribution >= 4 is 22.7 Å². The Labute approximate surface area is 166 Å². The highest BCUT2D eigenvalue weighted by Gasteiger charge is 2.10. The molecule has 7 nitrogen and oxygen atoms in total. The molecule has 1 amide bonds. The molecule has 7 heteroatoms. The van der Waals surface area contributed by atoms with Crippen molar-refractivity contribution in [2.75, 3.05) is 11.9 Å². The van der Waals surface area contributed by atoms with Gasteiger partial charge in [0, 0.05) is 29.3 Å². The standard InChI is InChI=1S/C22H19N3O4/c1-14-3-7-17(8-4-14)25-15(2)11-20(24-25)23-21(26)13-28-18-9-5-16-6-10-22(27)29-19(16)12-18/h3-12H,13H2,1-2H3,(H,23,24,26). The highest BCUT2D eigenvalue weighted by Crippen LogP contribution is 2.20. The average Bonchev–Trinajstić information content (AvgIpc) is 3.06. The molecule has 0 radical (unpaired) electrons. The second-order valence-corrected chi connectivity index (χ2v) is 6.71. The van der Waals surface area contributed by atoms with Crippen LogP contribution in [-0.2, 0) is 4.79 Å². The normalized spacial score (nSPS) is 10.8. The van der Waals surface area contributed by atoms with Gasteiger partial charge in [-0.15, -0.1) is 5.10 Å². The molecule has 2 heterocycles. The van der Waals surface area contributed by atoms with Crippen LogP contribution in [0.1, 0.15) is 11.3 Å². The summed E-state index contributed by atoms with van der Waals surface area (Å²) in [6.45, 7) is 3.75. The first kappa shape index (κ1) is 18.5. The lowest BCUT2D eigenvalue weighted by molar-refractivity contribution is -0.118. The lowest BCUT2D eigenvalue weighted by Crippen LogP contribution is -2.20. The van der Waals surface area contributed by atoms with Crippen LogP contribution in [0.3, 0.4) is 0 Å². The van der Waals surface area contributed by atoms with E-state index in [1.54, 1.807) is 35.0 Å². The molecule has 0 fully saturated rings. The van der Waals surface area contributed by atoms with Crippen LogP contribution in [0.25, 0.3) is 16.7 Å². The Kier molecular flexibility index (Phi) is 4.87. The van der Waals surface area contributed by atoms with Crippen molar-refractivity contribution < 1.29 is 13.9 Å². The average molecular weight is 389 g/mol. The van der Waals surface area contributed by atoms with Gasteiger partial charge in [-0.2, -0.15) is 0 Å². The van der Waals surface area contributed by atoms with Crippen molar-refractivity contribution in [1.82, 2.24) is 9.78 Å². The Morgan fingerprint density at radius 2 is 1.83 bits per heavy atom. The van der Waals surface area contributed by atoms with Crippen LogP contribution in [0.15, 0.2) is 69.9 Å². The molecule has 4 aromatic rings. The van der Waals surface area contributed by atoms with Gasteiger partial charge in [-0.05, 0) is 44.2 Å². The lowest BCUT2D eigenvalue weighted by Gasteiger charge is -2.07. The zero-order valence-electron chi connectivity index (χ0n) is 16.0. The van der Waals surface area contributed by atoms with Gasteiger partial charge in [0.2, 0.25) is 0 Å². The number of aryl methyl sites for hydroxylation is 2. The molecule has 0 aliphatic heterocycles. The Morgan fingerprint density at radius 3 is 2.62 bits per heavy atom. The van der Waals surface area contributed by atoms with Crippen LogP contribution in [0, 0.1) is 13.8 Å². The third kappa shape index (κ3) is 4.19. The van der Waals surface area contributed by atoms with Crippen LogP contribution < -0.4 is 15.7 Å². The molecule has 0 saturated heterocycles. The molecule has 1 N–H and O–H groups in total. The fraction of sp³-hybridized carbons (Fsp3) is 0.136. The van der Waals surface area contributed by atoms with Crippen molar-refractivity contribution in [3.05, 3.63) is 82.3 Å². The van der Waals surface area contributed by atoms with Crippen molar-refractivity contribution in [3.63, 3.8) is 0 Å². The van der Waals surface area contributed by atoms with Crippen LogP contribution in [0.5, 0.6) is 5.75 Å². The molecular formula is C22H19N3O4. The maximum atomic E-state index is 12.2. The zero-order valence-corrected chi connectivity index (χ0v) is 16.0. The highest BCUT2D eigenvalue weighted by molar-refractivity contribution is 5.91. The number of rotatable bonds is 5. The van der Waals surface area contributed by atoms with Gasteiger partial charge in [0.25, 0.3) is 5.91 Å². The monoisotopic (exact) mass is 389 g/mol. The number of ether oxygens (including phenoxy) is 1. The number of benzene rings is 2. The van der Waals surface area contributed by atoms with Gasteiger partial charge in [-0.3, -0.25) is 4.79 Å². The van der Waals surface area contributed by atoms with E-state index >= 15 is 0 Å². The largest absolute Gasteiger partial charge is 0.484 e. The van der Waals surface area contributed by atoms with E-state index in [1.807, 2.05) is 38.1 Å². The maximum absolute atomic E-state index is 12.2. The van der Waals surface area contributed by atoms with E-state index in [9.17, 15) is 9.59 Å². The summed E-state index contributed by atoms with van der Waals surface area (Å²) in [6, 6.07) is 17.8. The summed E-state index contributed by atoms with van der Waals surface area (Å²) in [5.74, 6) is 0.540. The van der Waals surface area contributed by atoms with Crippen molar-refractivity contribution in [2.24, 2.45) is 0 Å². The van der Waals surface area contributed by atoms with Gasteiger partial charge >= 0.3 is 5.63 Å². The molecule has 0 atom stereocenters. The highest BCUT2D eigenvalue weighted by atomic mass is 16.5. The number of carbonyl (C=O) groups is 1. The minimum absolute atomic E-state index is 0.195. The molecule has 0 bridgehead atoms. The van der Waals surface area contributed by atoms with E-state index in [0.29, 0.717) is 17.2 Å². The smallest absolute Gasteiger partial charge is 0.336 e. The fourth-order valence-corrected chi connectivity index (χ4v) is 2.94. The second-order valence-electron chi connectivity index (χ2n) is 6.71. The van der Waals surface area contributed by atoms with E-state index in [1.165, 1.54) is 6.07 Å². The summed E-state index contributed by atoms with van der Waals surface area (Å²) < 4.78 is 12.4. The molecule has 4 rings (SSSR count).